The van der Waals surface area contributed by atoms with Crippen molar-refractivity contribution in [3.05, 3.63) is 0 Å². The van der Waals surface area contributed by atoms with E-state index in [2.05, 4.69) is 29.9 Å². The Kier molecular flexibility index (Phi) is 7.39. The minimum absolute atomic E-state index is 0.228. The van der Waals surface area contributed by atoms with E-state index in [1.807, 2.05) is 0 Å². The lowest BCUT2D eigenvalue weighted by Crippen LogP contribution is -2.13. The molecule has 0 aromatic heterocycles. The average molecular weight is 198 g/mol. The number of hydrogen-bond acceptors (Lipinski definition) is 8. The topological polar surface area (TPSA) is 92.7 Å². The highest BCUT2D eigenvalue weighted by molar-refractivity contribution is 5.69. The molecule has 0 saturated carbocycles. The summed E-state index contributed by atoms with van der Waals surface area (Å²) in [6, 6.07) is 0. The molecule has 0 bridgehead atoms. The molecule has 13 heavy (non-hydrogen) atoms. The maximum absolute atomic E-state index is 10.6. The van der Waals surface area contributed by atoms with Gasteiger partial charge >= 0.3 is 5.97 Å². The standard InChI is InChI=1S/C5H10O8/c1-4(6)3-5(7)9-11-13-12-10-8-2/h4,6H,3H2,1-2H3. The summed E-state index contributed by atoms with van der Waals surface area (Å²) in [6.45, 7) is 1.41. The Hall–Kier alpha value is -0.770. The number of carbonyl (C=O) groups excluding carboxylic acids is 1. The maximum atomic E-state index is 10.6. The molecule has 0 fully saturated rings. The van der Waals surface area contributed by atoms with Crippen molar-refractivity contribution in [3.63, 3.8) is 0 Å². The van der Waals surface area contributed by atoms with Gasteiger partial charge < -0.3 is 5.11 Å². The number of aliphatic hydroxyl groups excluding tert-OH is 1. The lowest BCUT2D eigenvalue weighted by molar-refractivity contribution is -0.747. The molecule has 1 unspecified atom stereocenters. The van der Waals surface area contributed by atoms with Crippen molar-refractivity contribution in [1.29, 1.82) is 0 Å². The van der Waals surface area contributed by atoms with Crippen LogP contribution < -0.4 is 0 Å². The van der Waals surface area contributed by atoms with Crippen LogP contribution in [0, 0.1) is 0 Å². The lowest BCUT2D eigenvalue weighted by Gasteiger charge is -2.01. The fraction of sp³-hybridized carbons (Fsp3) is 0.800. The SMILES string of the molecule is COOOOOOC(=O)CC(C)O. The number of carbonyl (C=O) groups is 1. The highest BCUT2D eigenvalue weighted by Gasteiger charge is 2.08. The van der Waals surface area contributed by atoms with Gasteiger partial charge in [-0.05, 0) is 17.0 Å². The maximum Gasteiger partial charge on any atom is 0.348 e. The molecule has 0 aliphatic heterocycles. The van der Waals surface area contributed by atoms with Gasteiger partial charge in [-0.3, -0.25) is 4.89 Å². The molecule has 78 valence electrons. The van der Waals surface area contributed by atoms with Crippen molar-refractivity contribution < 1.29 is 39.8 Å². The van der Waals surface area contributed by atoms with Gasteiger partial charge in [-0.1, -0.05) is 0 Å². The van der Waals surface area contributed by atoms with E-state index >= 15 is 0 Å². The average Bonchev–Trinajstić information content (AvgIpc) is 2.02. The Balaban J connectivity index is 3.17. The molecule has 1 atom stereocenters. The highest BCUT2D eigenvalue weighted by Crippen LogP contribution is 1.94. The highest BCUT2D eigenvalue weighted by atomic mass is 17.8. The summed E-state index contributed by atoms with van der Waals surface area (Å²) >= 11 is 0. The Morgan fingerprint density at radius 2 is 1.92 bits per heavy atom. The molecule has 0 aromatic carbocycles. The van der Waals surface area contributed by atoms with Crippen LogP contribution in [0.3, 0.4) is 0 Å². The summed E-state index contributed by atoms with van der Waals surface area (Å²) in [5.41, 5.74) is 0. The monoisotopic (exact) mass is 198 g/mol. The molecule has 0 aromatic rings. The van der Waals surface area contributed by atoms with Crippen molar-refractivity contribution in [3.8, 4) is 0 Å². The van der Waals surface area contributed by atoms with Crippen LogP contribution >= 0.6 is 0 Å². The van der Waals surface area contributed by atoms with Crippen LogP contribution in [0.2, 0.25) is 0 Å². The quantitative estimate of drug-likeness (QED) is 0.335. The first kappa shape index (κ1) is 12.2. The second kappa shape index (κ2) is 7.86. The van der Waals surface area contributed by atoms with Gasteiger partial charge in [0.2, 0.25) is 0 Å². The minimum Gasteiger partial charge on any atom is -0.393 e. The van der Waals surface area contributed by atoms with Crippen molar-refractivity contribution in [1.82, 2.24) is 0 Å². The van der Waals surface area contributed by atoms with Gasteiger partial charge in [0.05, 0.1) is 19.6 Å². The van der Waals surface area contributed by atoms with E-state index in [4.69, 9.17) is 5.11 Å². The smallest absolute Gasteiger partial charge is 0.348 e. The van der Waals surface area contributed by atoms with E-state index in [0.29, 0.717) is 0 Å². The molecule has 0 heterocycles. The number of hydrogen-bond donors (Lipinski definition) is 1. The molecule has 1 N–H and O–H groups in total. The van der Waals surface area contributed by atoms with Crippen LogP contribution in [-0.4, -0.2) is 24.3 Å². The molecule has 0 aliphatic carbocycles. The Labute approximate surface area is 73.5 Å². The van der Waals surface area contributed by atoms with Crippen molar-refractivity contribution >= 4 is 5.97 Å². The van der Waals surface area contributed by atoms with Crippen molar-refractivity contribution in [2.24, 2.45) is 0 Å². The summed E-state index contributed by atoms with van der Waals surface area (Å²) < 4.78 is 0. The van der Waals surface area contributed by atoms with Gasteiger partial charge in [-0.15, -0.1) is 0 Å². The van der Waals surface area contributed by atoms with Crippen LogP contribution in [0.25, 0.3) is 0 Å². The lowest BCUT2D eigenvalue weighted by atomic mass is 10.3. The van der Waals surface area contributed by atoms with Crippen molar-refractivity contribution in [2.45, 2.75) is 19.4 Å². The second-order valence-corrected chi connectivity index (χ2v) is 1.95. The Morgan fingerprint density at radius 1 is 1.31 bits per heavy atom. The van der Waals surface area contributed by atoms with Gasteiger partial charge in [0.1, 0.15) is 0 Å². The van der Waals surface area contributed by atoms with Crippen LogP contribution in [0.5, 0.6) is 0 Å². The zero-order valence-electron chi connectivity index (χ0n) is 7.09. The number of rotatable bonds is 7. The molecule has 8 heteroatoms. The first-order chi connectivity index (χ1) is 6.16. The molecular weight excluding hydrogens is 188 g/mol. The van der Waals surface area contributed by atoms with E-state index in [1.54, 1.807) is 0 Å². The zero-order chi connectivity index (χ0) is 10.1. The summed E-state index contributed by atoms with van der Waals surface area (Å²) in [4.78, 5) is 18.4. The molecule has 0 amide bonds. The molecule has 0 spiro atoms. The first-order valence-corrected chi connectivity index (χ1v) is 3.25. The molecule has 0 aliphatic rings. The molecule has 8 nitrogen and oxygen atoms in total. The third kappa shape index (κ3) is 9.14. The number of aliphatic hydroxyl groups is 1. The predicted molar refractivity (Wildman–Crippen MR) is 33.7 cm³/mol. The largest absolute Gasteiger partial charge is 0.393 e. The molecule has 0 saturated heterocycles. The van der Waals surface area contributed by atoms with Gasteiger partial charge in [0.15, 0.2) is 0 Å². The normalized spacial score (nSPS) is 12.5. The van der Waals surface area contributed by atoms with Crippen LogP contribution in [0.1, 0.15) is 13.3 Å². The zero-order valence-corrected chi connectivity index (χ0v) is 7.09. The van der Waals surface area contributed by atoms with E-state index < -0.39 is 12.1 Å². The minimum atomic E-state index is -0.827. The van der Waals surface area contributed by atoms with E-state index in [-0.39, 0.29) is 6.42 Å². The van der Waals surface area contributed by atoms with E-state index in [0.717, 1.165) is 7.11 Å². The van der Waals surface area contributed by atoms with Gasteiger partial charge in [-0.2, -0.15) is 0 Å². The van der Waals surface area contributed by atoms with E-state index in [1.165, 1.54) is 6.92 Å². The van der Waals surface area contributed by atoms with E-state index in [9.17, 15) is 4.79 Å². The molecule has 0 radical (unpaired) electrons. The fourth-order valence-corrected chi connectivity index (χ4v) is 0.378. The van der Waals surface area contributed by atoms with Crippen LogP contribution in [0.15, 0.2) is 0 Å². The summed E-state index contributed by atoms with van der Waals surface area (Å²) in [5.74, 6) is -0.823. The Bertz CT molecular complexity index is 134. The fourth-order valence-electron chi connectivity index (χ4n) is 0.378. The van der Waals surface area contributed by atoms with Crippen molar-refractivity contribution in [2.75, 3.05) is 7.11 Å². The first-order valence-electron chi connectivity index (χ1n) is 3.25. The predicted octanol–water partition coefficient (Wildman–Crippen LogP) is -0.412. The molecule has 0 rings (SSSR count). The summed E-state index contributed by atoms with van der Waals surface area (Å²) in [6.07, 6.45) is -1.05. The Morgan fingerprint density at radius 3 is 2.46 bits per heavy atom. The van der Waals surface area contributed by atoms with Gasteiger partial charge in [0, 0.05) is 10.1 Å². The van der Waals surface area contributed by atoms with Gasteiger partial charge in [-0.25, -0.2) is 9.68 Å². The molecular formula is C5H10O8. The summed E-state index contributed by atoms with van der Waals surface area (Å²) in [5, 5.41) is 23.4. The summed E-state index contributed by atoms with van der Waals surface area (Å²) in [7, 11) is 1.16. The third-order valence-electron chi connectivity index (χ3n) is 0.740. The third-order valence-corrected chi connectivity index (χ3v) is 0.740. The second-order valence-electron chi connectivity index (χ2n) is 1.95. The van der Waals surface area contributed by atoms with Gasteiger partial charge in [0.25, 0.3) is 0 Å². The van der Waals surface area contributed by atoms with Crippen LogP contribution in [0.4, 0.5) is 0 Å². The van der Waals surface area contributed by atoms with Crippen LogP contribution in [-0.2, 0) is 34.7 Å².